The molecule has 0 aromatic heterocycles. The smallest absolute Gasteiger partial charge is 2.00 e. The molecule has 0 spiro atoms. The molecule has 0 amide bonds. The molecule has 0 bridgehead atoms. The molecule has 0 atom stereocenters. The molecule has 0 aliphatic rings. The Morgan fingerprint density at radius 3 is 0.600 bits per heavy atom. The molecule has 0 aromatic carbocycles. The maximum atomic E-state index is 0. The monoisotopic (exact) mass is 168 g/mol. The summed E-state index contributed by atoms with van der Waals surface area (Å²) in [6.45, 7) is 0. The summed E-state index contributed by atoms with van der Waals surface area (Å²) in [5.74, 6) is 0. The summed E-state index contributed by atoms with van der Waals surface area (Å²) in [6, 6.07) is 0. The van der Waals surface area contributed by atoms with Crippen LogP contribution in [0.3, 0.4) is 0 Å². The zero-order valence-corrected chi connectivity index (χ0v) is 7.86. The minimum Gasteiger partial charge on any atom is -2.00 e. The van der Waals surface area contributed by atoms with Crippen molar-refractivity contribution in [3.8, 4) is 0 Å². The number of hydrogen-bond acceptors (Lipinski definition) is 0. The first-order valence-electron chi connectivity index (χ1n) is 0. The molecule has 0 N–H and O–H groups in total. The normalized spacial score (nSPS) is 0. The van der Waals surface area contributed by atoms with Gasteiger partial charge in [-0.05, 0) is 0 Å². The maximum Gasteiger partial charge on any atom is 4.00 e. The second-order valence-corrected chi connectivity index (χ2v) is 0. The molecule has 0 radical (unpaired) electrons. The first kappa shape index (κ1) is 50.2. The summed E-state index contributed by atoms with van der Waals surface area (Å²) < 4.78 is 0. The number of hydrogen-bond donors (Lipinski definition) is 0. The molecular weight excluding hydrogens is 168 g/mol. The predicted molar refractivity (Wildman–Crippen MR) is 27.8 cm³/mol. The quantitative estimate of drug-likeness (QED) is 0.432. The van der Waals surface area contributed by atoms with E-state index in [4.69, 9.17) is 0 Å². The zero-order valence-electron chi connectivity index (χ0n) is 2.43. The van der Waals surface area contributed by atoms with Gasteiger partial charge in [0.2, 0.25) is 0 Å². The first-order valence-corrected chi connectivity index (χ1v) is 0. The number of rotatable bonds is 0. The Bertz CT molecular complexity index is 6.85. The van der Waals surface area contributed by atoms with E-state index in [1.54, 1.807) is 0 Å². The van der Waals surface area contributed by atoms with Gasteiger partial charge in [0.05, 0.1) is 0 Å². The molecule has 0 rings (SSSR count). The Balaban J connectivity index is 0. The van der Waals surface area contributed by atoms with Crippen molar-refractivity contribution in [2.45, 2.75) is 0 Å². The summed E-state index contributed by atoms with van der Waals surface area (Å²) >= 11 is 0. The van der Waals surface area contributed by atoms with Gasteiger partial charge in [0.25, 0.3) is 0 Å². The van der Waals surface area contributed by atoms with Crippen molar-refractivity contribution in [1.29, 1.82) is 0 Å². The third kappa shape index (κ3) is 20.9. The van der Waals surface area contributed by atoms with Gasteiger partial charge in [-0.2, -0.15) is 0 Å². The minimum absolute atomic E-state index is 0. The zero-order chi connectivity index (χ0) is 0. The summed E-state index contributed by atoms with van der Waals surface area (Å²) in [5, 5.41) is 0. The van der Waals surface area contributed by atoms with Crippen LogP contribution in [0.15, 0.2) is 0 Å². The van der Waals surface area contributed by atoms with Gasteiger partial charge < -0.3 is 40.5 Å². The van der Waals surface area contributed by atoms with Gasteiger partial charge >= 0.3 is 44.8 Å². The Hall–Kier alpha value is 2.53. The second kappa shape index (κ2) is 31.2. The van der Waals surface area contributed by atoms with Crippen molar-refractivity contribution in [1.82, 2.24) is 0 Å². The molecule has 0 saturated carbocycles. The molecule has 0 aromatic rings. The predicted octanol–water partition coefficient (Wildman–Crippen LogP) is -0.391. The van der Waals surface area contributed by atoms with E-state index in [2.05, 4.69) is 0 Å². The molecule has 0 heterocycles. The molecule has 5 heavy (non-hydrogen) atoms. The molecule has 0 aliphatic carbocycles. The van der Waals surface area contributed by atoms with Gasteiger partial charge in [-0.15, -0.1) is 0 Å². The summed E-state index contributed by atoms with van der Waals surface area (Å²) in [4.78, 5) is 0. The van der Waals surface area contributed by atoms with Crippen LogP contribution < -0.4 is 0 Å². The van der Waals surface area contributed by atoms with Crippen molar-refractivity contribution in [3.05, 3.63) is 0 Å². The van der Waals surface area contributed by atoms with Crippen LogP contribution in [0.1, 0.15) is 0 Å². The molecule has 0 aliphatic heterocycles. The van der Waals surface area contributed by atoms with Crippen LogP contribution in [-0.2, 0) is 62.2 Å². The van der Waals surface area contributed by atoms with Gasteiger partial charge in [-0.25, -0.2) is 0 Å². The SMILES string of the molecule is [Mg+2].[S-2].[S-2].[S-2].[Ti+4]. The van der Waals surface area contributed by atoms with Crippen molar-refractivity contribution in [2.75, 3.05) is 0 Å². The van der Waals surface area contributed by atoms with Gasteiger partial charge in [0.15, 0.2) is 0 Å². The van der Waals surface area contributed by atoms with E-state index in [1.165, 1.54) is 0 Å². The molecule has 0 saturated heterocycles. The van der Waals surface area contributed by atoms with Crippen molar-refractivity contribution in [3.63, 3.8) is 0 Å². The minimum atomic E-state index is 0. The molecule has 5 heteroatoms. The van der Waals surface area contributed by atoms with Crippen LogP contribution in [0.25, 0.3) is 0 Å². The van der Waals surface area contributed by atoms with Crippen molar-refractivity contribution >= 4 is 63.5 Å². The Morgan fingerprint density at radius 2 is 0.600 bits per heavy atom. The van der Waals surface area contributed by atoms with Crippen LogP contribution in [0.4, 0.5) is 0 Å². The molecule has 24 valence electrons. The van der Waals surface area contributed by atoms with Crippen molar-refractivity contribution < 1.29 is 21.7 Å². The van der Waals surface area contributed by atoms with E-state index in [0.29, 0.717) is 0 Å². The maximum absolute atomic E-state index is 0. The average Bonchev–Trinajstić information content (AvgIpc) is 0. The van der Waals surface area contributed by atoms with E-state index < -0.39 is 0 Å². The molecule has 0 fully saturated rings. The molecular formula is MgS3Ti. The summed E-state index contributed by atoms with van der Waals surface area (Å²) in [7, 11) is 0. The van der Waals surface area contributed by atoms with Gasteiger partial charge in [0, 0.05) is 0 Å². The van der Waals surface area contributed by atoms with Crippen molar-refractivity contribution in [2.24, 2.45) is 0 Å². The fraction of sp³-hybridized carbons (Fsp3) is 0. The fourth-order valence-electron chi connectivity index (χ4n) is 0. The Morgan fingerprint density at radius 1 is 0.600 bits per heavy atom. The van der Waals surface area contributed by atoms with Crippen LogP contribution in [0, 0.1) is 0 Å². The Kier molecular flexibility index (Phi) is 313. The van der Waals surface area contributed by atoms with Gasteiger partial charge in [-0.1, -0.05) is 0 Å². The van der Waals surface area contributed by atoms with Crippen LogP contribution >= 0.6 is 0 Å². The van der Waals surface area contributed by atoms with E-state index in [9.17, 15) is 0 Å². The average molecular weight is 168 g/mol. The summed E-state index contributed by atoms with van der Waals surface area (Å²) in [6.07, 6.45) is 0. The second-order valence-electron chi connectivity index (χ2n) is 0. The third-order valence-corrected chi connectivity index (χ3v) is 0. The Labute approximate surface area is 84.2 Å². The fourth-order valence-corrected chi connectivity index (χ4v) is 0. The van der Waals surface area contributed by atoms with Crippen LogP contribution in [-0.4, -0.2) is 23.1 Å². The standard InChI is InChI=1S/Mg.3S.Ti/q+2;3*-2;+4. The summed E-state index contributed by atoms with van der Waals surface area (Å²) in [5.41, 5.74) is 0. The topological polar surface area (TPSA) is 0 Å². The van der Waals surface area contributed by atoms with E-state index >= 15 is 0 Å². The van der Waals surface area contributed by atoms with E-state index in [-0.39, 0.29) is 85.3 Å². The van der Waals surface area contributed by atoms with E-state index in [1.807, 2.05) is 0 Å². The third-order valence-electron chi connectivity index (χ3n) is 0. The van der Waals surface area contributed by atoms with Gasteiger partial charge in [0.1, 0.15) is 0 Å². The molecule has 0 nitrogen and oxygen atoms in total. The van der Waals surface area contributed by atoms with Crippen LogP contribution in [0.2, 0.25) is 0 Å². The van der Waals surface area contributed by atoms with Gasteiger partial charge in [-0.3, -0.25) is 0 Å². The molecule has 0 unspecified atom stereocenters. The van der Waals surface area contributed by atoms with E-state index in [0.717, 1.165) is 0 Å². The first-order chi connectivity index (χ1) is 0. The van der Waals surface area contributed by atoms with Crippen LogP contribution in [0.5, 0.6) is 0 Å². The largest absolute Gasteiger partial charge is 4.00 e.